The first-order valence-electron chi connectivity index (χ1n) is 11.5. The maximum absolute atomic E-state index is 13.4. The molecule has 3 aromatic carbocycles. The Bertz CT molecular complexity index is 1490. The topological polar surface area (TPSA) is 89.0 Å². The van der Waals surface area contributed by atoms with Crippen LogP contribution in [0.5, 0.6) is 11.5 Å². The van der Waals surface area contributed by atoms with E-state index >= 15 is 0 Å². The molecule has 1 fully saturated rings. The zero-order valence-electron chi connectivity index (χ0n) is 20.0. The fourth-order valence-electron chi connectivity index (χ4n) is 4.25. The van der Waals surface area contributed by atoms with Crippen LogP contribution in [0.1, 0.15) is 29.7 Å². The fraction of sp³-hybridized carbons (Fsp3) is 0.179. The molecule has 2 heterocycles. The Kier molecular flexibility index (Phi) is 6.20. The van der Waals surface area contributed by atoms with Gasteiger partial charge in [-0.15, -0.1) is 0 Å². The lowest BCUT2D eigenvalue weighted by atomic mass is 9.95. The summed E-state index contributed by atoms with van der Waals surface area (Å²) in [5.41, 5.74) is 2.86. The molecule has 7 nitrogen and oxygen atoms in total. The van der Waals surface area contributed by atoms with E-state index in [1.807, 2.05) is 56.3 Å². The zero-order chi connectivity index (χ0) is 25.4. The molecule has 0 saturated carbocycles. The molecule has 1 N–H and O–H groups in total. The van der Waals surface area contributed by atoms with Gasteiger partial charge in [0, 0.05) is 5.56 Å². The molecule has 0 radical (unpaired) electrons. The summed E-state index contributed by atoms with van der Waals surface area (Å²) in [4.78, 5) is 32.8. The minimum absolute atomic E-state index is 0.0169. The Morgan fingerprint density at radius 1 is 1.03 bits per heavy atom. The normalized spacial score (nSPS) is 17.1. The van der Waals surface area contributed by atoms with Gasteiger partial charge < -0.3 is 14.6 Å². The predicted octanol–water partition coefficient (Wildman–Crippen LogP) is 5.64. The number of hydrogen-bond donors (Lipinski definition) is 1. The summed E-state index contributed by atoms with van der Waals surface area (Å²) in [7, 11) is 1.55. The molecule has 0 spiro atoms. The van der Waals surface area contributed by atoms with Crippen molar-refractivity contribution in [3.05, 3.63) is 89.0 Å². The number of aliphatic hydroxyl groups is 1. The summed E-state index contributed by atoms with van der Waals surface area (Å²) in [5, 5.41) is 11.6. The van der Waals surface area contributed by atoms with Crippen molar-refractivity contribution >= 4 is 44.1 Å². The summed E-state index contributed by atoms with van der Waals surface area (Å²) in [6.07, 6.45) is 0. The van der Waals surface area contributed by atoms with E-state index in [2.05, 4.69) is 4.98 Å². The summed E-state index contributed by atoms with van der Waals surface area (Å²) in [5.74, 6) is -0.425. The lowest BCUT2D eigenvalue weighted by molar-refractivity contribution is -0.132. The summed E-state index contributed by atoms with van der Waals surface area (Å²) < 4.78 is 11.6. The van der Waals surface area contributed by atoms with Crippen LogP contribution in [0.2, 0.25) is 0 Å². The first-order chi connectivity index (χ1) is 17.4. The highest BCUT2D eigenvalue weighted by atomic mass is 32.1. The van der Waals surface area contributed by atoms with Crippen molar-refractivity contribution < 1.29 is 24.2 Å². The number of aryl methyl sites for hydroxylation is 1. The molecule has 1 amide bonds. The number of rotatable bonds is 6. The van der Waals surface area contributed by atoms with Gasteiger partial charge in [0.15, 0.2) is 5.13 Å². The van der Waals surface area contributed by atoms with Gasteiger partial charge in [-0.05, 0) is 61.9 Å². The largest absolute Gasteiger partial charge is 0.507 e. The second-order valence-electron chi connectivity index (χ2n) is 8.37. The first-order valence-corrected chi connectivity index (χ1v) is 12.3. The van der Waals surface area contributed by atoms with Gasteiger partial charge in [0.1, 0.15) is 17.3 Å². The highest BCUT2D eigenvalue weighted by molar-refractivity contribution is 7.22. The fourth-order valence-corrected chi connectivity index (χ4v) is 5.27. The molecule has 0 bridgehead atoms. The molecule has 1 atom stereocenters. The Morgan fingerprint density at radius 2 is 1.72 bits per heavy atom. The van der Waals surface area contributed by atoms with Gasteiger partial charge >= 0.3 is 5.91 Å². The van der Waals surface area contributed by atoms with Gasteiger partial charge in [0.25, 0.3) is 5.78 Å². The number of nitrogens with zero attached hydrogens (tertiary/aromatic N) is 2. The van der Waals surface area contributed by atoms with Crippen molar-refractivity contribution in [3.63, 3.8) is 0 Å². The molecule has 0 aliphatic carbocycles. The molecule has 36 heavy (non-hydrogen) atoms. The van der Waals surface area contributed by atoms with Gasteiger partial charge in [0.05, 0.1) is 35.5 Å². The van der Waals surface area contributed by atoms with Crippen LogP contribution >= 0.6 is 11.3 Å². The van der Waals surface area contributed by atoms with Gasteiger partial charge in [-0.3, -0.25) is 14.5 Å². The number of hydrogen-bond acceptors (Lipinski definition) is 7. The number of aromatic nitrogens is 1. The molecule has 0 unspecified atom stereocenters. The number of carbonyl (C=O) groups is 2. The molecule has 4 aromatic rings. The highest BCUT2D eigenvalue weighted by Crippen LogP contribution is 2.44. The number of methoxy groups -OCH3 is 1. The number of carbonyl (C=O) groups excluding carboxylic acids is 2. The third-order valence-electron chi connectivity index (χ3n) is 6.07. The van der Waals surface area contributed by atoms with E-state index in [0.29, 0.717) is 39.9 Å². The van der Waals surface area contributed by atoms with E-state index in [0.717, 1.165) is 10.3 Å². The molecule has 5 rings (SSSR count). The second kappa shape index (κ2) is 9.47. The Morgan fingerprint density at radius 3 is 2.39 bits per heavy atom. The number of amides is 1. The maximum atomic E-state index is 13.4. The van der Waals surface area contributed by atoms with E-state index in [1.165, 1.54) is 16.2 Å². The van der Waals surface area contributed by atoms with Gasteiger partial charge in [-0.1, -0.05) is 41.2 Å². The van der Waals surface area contributed by atoms with E-state index in [1.54, 1.807) is 31.4 Å². The summed E-state index contributed by atoms with van der Waals surface area (Å²) in [6.45, 7) is 4.40. The Balaban J connectivity index is 1.67. The highest BCUT2D eigenvalue weighted by Gasteiger charge is 2.48. The average molecular weight is 501 g/mol. The Hall–Kier alpha value is -4.17. The summed E-state index contributed by atoms with van der Waals surface area (Å²) >= 11 is 1.30. The number of anilines is 1. The lowest BCUT2D eigenvalue weighted by Crippen LogP contribution is -2.29. The van der Waals surface area contributed by atoms with Crippen LogP contribution in [-0.2, 0) is 9.59 Å². The molecule has 1 aliphatic rings. The molecule has 1 aromatic heterocycles. The first kappa shape index (κ1) is 23.6. The molecular formula is C28H24N2O5S. The van der Waals surface area contributed by atoms with Crippen molar-refractivity contribution in [2.45, 2.75) is 19.9 Å². The third kappa shape index (κ3) is 4.09. The van der Waals surface area contributed by atoms with Gasteiger partial charge in [-0.25, -0.2) is 4.98 Å². The molecular weight excluding hydrogens is 476 g/mol. The number of thiazole rings is 1. The second-order valence-corrected chi connectivity index (χ2v) is 9.38. The number of ether oxygens (including phenoxy) is 2. The molecule has 8 heteroatoms. The van der Waals surface area contributed by atoms with Crippen LogP contribution in [0.3, 0.4) is 0 Å². The minimum atomic E-state index is -0.834. The number of ketones is 1. The molecule has 1 saturated heterocycles. The number of benzene rings is 3. The van der Waals surface area contributed by atoms with Gasteiger partial charge in [0.2, 0.25) is 0 Å². The van der Waals surface area contributed by atoms with Gasteiger partial charge in [-0.2, -0.15) is 0 Å². The van der Waals surface area contributed by atoms with Crippen LogP contribution in [0.15, 0.2) is 72.3 Å². The van der Waals surface area contributed by atoms with E-state index in [-0.39, 0.29) is 11.3 Å². The minimum Gasteiger partial charge on any atom is -0.507 e. The van der Waals surface area contributed by atoms with E-state index in [9.17, 15) is 14.7 Å². The number of Topliss-reactive ketones (excluding diaryl/α,β-unsaturated/α-hetero) is 1. The Labute approximate surface area is 212 Å². The van der Waals surface area contributed by atoms with Crippen molar-refractivity contribution in [3.8, 4) is 11.5 Å². The van der Waals surface area contributed by atoms with Crippen molar-refractivity contribution in [2.24, 2.45) is 0 Å². The van der Waals surface area contributed by atoms with E-state index < -0.39 is 17.7 Å². The summed E-state index contributed by atoms with van der Waals surface area (Å²) in [6, 6.07) is 18.9. The van der Waals surface area contributed by atoms with Crippen LogP contribution in [0.4, 0.5) is 5.13 Å². The smallest absolute Gasteiger partial charge is 0.301 e. The van der Waals surface area contributed by atoms with Crippen molar-refractivity contribution in [2.75, 3.05) is 18.6 Å². The van der Waals surface area contributed by atoms with Crippen molar-refractivity contribution in [1.82, 2.24) is 4.98 Å². The number of fused-ring (bicyclic) bond motifs is 1. The molecule has 182 valence electrons. The van der Waals surface area contributed by atoms with Crippen LogP contribution in [-0.4, -0.2) is 35.5 Å². The standard InChI is InChI=1S/C28H24N2O5S/c1-4-35-20-13-14-21-22(15-20)36-28(29-21)30-24(17-7-5-16(2)6-8-17)23(26(32)27(30)33)25(31)18-9-11-19(34-3)12-10-18/h5-15,24,31H,4H2,1-3H3/t24-/m0/s1. The lowest BCUT2D eigenvalue weighted by Gasteiger charge is -2.23. The zero-order valence-corrected chi connectivity index (χ0v) is 20.8. The molecule has 1 aliphatic heterocycles. The SMILES string of the molecule is CCOc1ccc2nc(N3C(=O)C(=O)C(=C(O)c4ccc(OC)cc4)[C@@H]3c3ccc(C)cc3)sc2c1. The maximum Gasteiger partial charge on any atom is 0.301 e. The van der Waals surface area contributed by atoms with E-state index in [4.69, 9.17) is 9.47 Å². The third-order valence-corrected chi connectivity index (χ3v) is 7.08. The number of aliphatic hydroxyl groups excluding tert-OH is 1. The average Bonchev–Trinajstić information content (AvgIpc) is 3.42. The monoisotopic (exact) mass is 500 g/mol. The van der Waals surface area contributed by atoms with Crippen LogP contribution < -0.4 is 14.4 Å². The quantitative estimate of drug-likeness (QED) is 0.209. The van der Waals surface area contributed by atoms with Crippen LogP contribution in [0.25, 0.3) is 16.0 Å². The van der Waals surface area contributed by atoms with Crippen LogP contribution in [0, 0.1) is 6.92 Å². The predicted molar refractivity (Wildman–Crippen MR) is 140 cm³/mol. The van der Waals surface area contributed by atoms with Crippen molar-refractivity contribution in [1.29, 1.82) is 0 Å².